The number of carbonyl (C=O) groups is 3. The van der Waals surface area contributed by atoms with Crippen LogP contribution in [0.5, 0.6) is 0 Å². The van der Waals surface area contributed by atoms with Crippen LogP contribution in [0.2, 0.25) is 0 Å². The first-order chi connectivity index (χ1) is 14.8. The lowest BCUT2D eigenvalue weighted by Crippen LogP contribution is -2.33. The fourth-order valence-electron chi connectivity index (χ4n) is 3.24. The summed E-state index contributed by atoms with van der Waals surface area (Å²) in [5.41, 5.74) is 0.877. The Morgan fingerprint density at radius 3 is 2.45 bits per heavy atom. The monoisotopic (exact) mass is 443 g/mol. The maximum absolute atomic E-state index is 12.6. The van der Waals surface area contributed by atoms with E-state index in [1.165, 1.54) is 12.1 Å². The number of hydrogen-bond donors (Lipinski definition) is 2. The molecule has 0 fully saturated rings. The Hall–Kier alpha value is -3.20. The molecule has 0 saturated carbocycles. The van der Waals surface area contributed by atoms with Gasteiger partial charge in [-0.1, -0.05) is 31.2 Å². The van der Waals surface area contributed by atoms with Crippen molar-refractivity contribution >= 4 is 33.4 Å². The van der Waals surface area contributed by atoms with Gasteiger partial charge in [0.1, 0.15) is 4.90 Å². The summed E-state index contributed by atoms with van der Waals surface area (Å²) in [7, 11) is -3.89. The predicted molar refractivity (Wildman–Crippen MR) is 116 cm³/mol. The molecule has 2 N–H and O–H groups in total. The summed E-state index contributed by atoms with van der Waals surface area (Å²) < 4.78 is 25.9. The third-order valence-corrected chi connectivity index (χ3v) is 6.95. The Morgan fingerprint density at radius 2 is 1.74 bits per heavy atom. The van der Waals surface area contributed by atoms with Gasteiger partial charge in [0.15, 0.2) is 0 Å². The molecule has 0 bridgehead atoms. The molecule has 31 heavy (non-hydrogen) atoms. The maximum Gasteiger partial charge on any atom is 0.269 e. The van der Waals surface area contributed by atoms with Crippen LogP contribution in [0, 0.1) is 0 Å². The molecule has 2 aromatic carbocycles. The van der Waals surface area contributed by atoms with Gasteiger partial charge in [-0.25, -0.2) is 12.7 Å². The molecule has 0 spiro atoms. The molecule has 164 valence electrons. The first-order valence-corrected chi connectivity index (χ1v) is 11.6. The number of hydrogen-bond acceptors (Lipinski definition) is 5. The van der Waals surface area contributed by atoms with Gasteiger partial charge in [0, 0.05) is 19.0 Å². The minimum absolute atomic E-state index is 0.000303. The van der Waals surface area contributed by atoms with Crippen LogP contribution >= 0.6 is 0 Å². The van der Waals surface area contributed by atoms with Crippen molar-refractivity contribution in [2.75, 3.05) is 11.9 Å². The average molecular weight is 444 g/mol. The van der Waals surface area contributed by atoms with E-state index in [0.29, 0.717) is 11.3 Å². The molecule has 3 rings (SSSR count). The SMILES string of the molecule is CCC(C)NC(=O)c1ccccc1NC(=O)CCCN1C(=O)c2ccccc2S1(=O)=O. The molecule has 1 heterocycles. The minimum Gasteiger partial charge on any atom is -0.350 e. The number of carbonyl (C=O) groups excluding carboxylic acids is 3. The second kappa shape index (κ2) is 9.30. The van der Waals surface area contributed by atoms with E-state index < -0.39 is 15.9 Å². The van der Waals surface area contributed by atoms with Crippen LogP contribution in [-0.2, 0) is 14.8 Å². The summed E-state index contributed by atoms with van der Waals surface area (Å²) in [5, 5.41) is 5.57. The average Bonchev–Trinajstić information content (AvgIpc) is 2.94. The van der Waals surface area contributed by atoms with E-state index in [2.05, 4.69) is 10.6 Å². The maximum atomic E-state index is 12.6. The van der Waals surface area contributed by atoms with Crippen LogP contribution in [0.3, 0.4) is 0 Å². The summed E-state index contributed by atoms with van der Waals surface area (Å²) in [6.45, 7) is 3.76. The summed E-state index contributed by atoms with van der Waals surface area (Å²) in [6.07, 6.45) is 0.936. The molecular weight excluding hydrogens is 418 g/mol. The van der Waals surface area contributed by atoms with E-state index in [-0.39, 0.29) is 47.7 Å². The van der Waals surface area contributed by atoms with Crippen LogP contribution in [-0.4, -0.2) is 43.0 Å². The molecule has 0 aliphatic carbocycles. The van der Waals surface area contributed by atoms with E-state index in [1.807, 2.05) is 13.8 Å². The second-order valence-electron chi connectivity index (χ2n) is 7.36. The fourth-order valence-corrected chi connectivity index (χ4v) is 4.85. The molecule has 1 unspecified atom stereocenters. The molecule has 0 aromatic heterocycles. The number of rotatable bonds is 8. The van der Waals surface area contributed by atoms with Crippen molar-refractivity contribution in [1.29, 1.82) is 0 Å². The molecule has 1 aliphatic heterocycles. The lowest BCUT2D eigenvalue weighted by Gasteiger charge is -2.16. The van der Waals surface area contributed by atoms with Gasteiger partial charge in [0.25, 0.3) is 21.8 Å². The number of amides is 3. The van der Waals surface area contributed by atoms with Gasteiger partial charge >= 0.3 is 0 Å². The number of fused-ring (bicyclic) bond motifs is 1. The standard InChI is InChI=1S/C22H25N3O5S/c1-3-15(2)23-21(27)16-9-4-6-11-18(16)24-20(26)13-8-14-25-22(28)17-10-5-7-12-19(17)31(25,29)30/h4-7,9-12,15H,3,8,13-14H2,1-2H3,(H,23,27)(H,24,26). The Balaban J connectivity index is 1.60. The van der Waals surface area contributed by atoms with Gasteiger partial charge in [0.05, 0.1) is 16.8 Å². The Bertz CT molecular complexity index is 1110. The number of nitrogens with one attached hydrogen (secondary N) is 2. The number of anilines is 1. The van der Waals surface area contributed by atoms with Crippen molar-refractivity contribution in [2.24, 2.45) is 0 Å². The molecule has 1 aliphatic rings. The Morgan fingerprint density at radius 1 is 1.06 bits per heavy atom. The lowest BCUT2D eigenvalue weighted by atomic mass is 10.1. The fraction of sp³-hybridized carbons (Fsp3) is 0.318. The van der Waals surface area contributed by atoms with E-state index in [9.17, 15) is 22.8 Å². The summed E-state index contributed by atoms with van der Waals surface area (Å²) in [5.74, 6) is -1.23. The number of nitrogens with zero attached hydrogens (tertiary/aromatic N) is 1. The Labute approximate surface area is 181 Å². The lowest BCUT2D eigenvalue weighted by molar-refractivity contribution is -0.116. The third-order valence-electron chi connectivity index (χ3n) is 5.11. The predicted octanol–water partition coefficient (Wildman–Crippen LogP) is 2.78. The van der Waals surface area contributed by atoms with E-state index in [1.54, 1.807) is 36.4 Å². The normalized spacial score (nSPS) is 15.3. The quantitative estimate of drug-likeness (QED) is 0.651. The van der Waals surface area contributed by atoms with Gasteiger partial charge in [-0.2, -0.15) is 0 Å². The third kappa shape index (κ3) is 4.77. The van der Waals surface area contributed by atoms with Gasteiger partial charge in [0.2, 0.25) is 5.91 Å². The smallest absolute Gasteiger partial charge is 0.269 e. The molecule has 2 aromatic rings. The van der Waals surface area contributed by atoms with Crippen molar-refractivity contribution in [2.45, 2.75) is 44.0 Å². The summed E-state index contributed by atoms with van der Waals surface area (Å²) in [4.78, 5) is 37.3. The highest BCUT2D eigenvalue weighted by Crippen LogP contribution is 2.30. The number of sulfonamides is 1. The summed E-state index contributed by atoms with van der Waals surface area (Å²) >= 11 is 0. The molecule has 1 atom stereocenters. The van der Waals surface area contributed by atoms with Crippen LogP contribution in [0.25, 0.3) is 0 Å². The molecule has 9 heteroatoms. The first kappa shape index (κ1) is 22.5. The van der Waals surface area contributed by atoms with E-state index in [0.717, 1.165) is 10.7 Å². The number of benzene rings is 2. The van der Waals surface area contributed by atoms with Gasteiger partial charge in [-0.05, 0) is 44.0 Å². The van der Waals surface area contributed by atoms with Crippen LogP contribution < -0.4 is 10.6 Å². The highest BCUT2D eigenvalue weighted by molar-refractivity contribution is 7.90. The van der Waals surface area contributed by atoms with Crippen molar-refractivity contribution in [3.05, 3.63) is 59.7 Å². The highest BCUT2D eigenvalue weighted by atomic mass is 32.2. The van der Waals surface area contributed by atoms with Crippen molar-refractivity contribution in [3.8, 4) is 0 Å². The van der Waals surface area contributed by atoms with Crippen LogP contribution in [0.15, 0.2) is 53.4 Å². The zero-order valence-corrected chi connectivity index (χ0v) is 18.2. The van der Waals surface area contributed by atoms with Crippen molar-refractivity contribution in [1.82, 2.24) is 9.62 Å². The van der Waals surface area contributed by atoms with Crippen molar-refractivity contribution < 1.29 is 22.8 Å². The highest BCUT2D eigenvalue weighted by Gasteiger charge is 2.40. The topological polar surface area (TPSA) is 113 Å². The molecule has 0 radical (unpaired) electrons. The zero-order valence-electron chi connectivity index (χ0n) is 17.4. The second-order valence-corrected chi connectivity index (χ2v) is 9.19. The Kier molecular flexibility index (Phi) is 6.74. The minimum atomic E-state index is -3.89. The summed E-state index contributed by atoms with van der Waals surface area (Å²) in [6, 6.07) is 12.7. The largest absolute Gasteiger partial charge is 0.350 e. The molecule has 0 saturated heterocycles. The molecule has 3 amide bonds. The van der Waals surface area contributed by atoms with Gasteiger partial charge < -0.3 is 10.6 Å². The first-order valence-electron chi connectivity index (χ1n) is 10.1. The zero-order chi connectivity index (χ0) is 22.6. The van der Waals surface area contributed by atoms with Gasteiger partial charge in [-0.3, -0.25) is 14.4 Å². The molecule has 8 nitrogen and oxygen atoms in total. The van der Waals surface area contributed by atoms with Gasteiger partial charge in [-0.15, -0.1) is 0 Å². The molecular formula is C22H25N3O5S. The van der Waals surface area contributed by atoms with Crippen LogP contribution in [0.1, 0.15) is 53.8 Å². The number of para-hydroxylation sites is 1. The van der Waals surface area contributed by atoms with E-state index in [4.69, 9.17) is 0 Å². The van der Waals surface area contributed by atoms with E-state index >= 15 is 0 Å². The van der Waals surface area contributed by atoms with Crippen LogP contribution in [0.4, 0.5) is 5.69 Å². The van der Waals surface area contributed by atoms with Crippen molar-refractivity contribution in [3.63, 3.8) is 0 Å².